The van der Waals surface area contributed by atoms with Crippen LogP contribution in [0, 0.1) is 13.8 Å². The number of carboxylic acid groups (broad SMARTS) is 1. The highest BCUT2D eigenvalue weighted by Crippen LogP contribution is 2.33. The highest BCUT2D eigenvalue weighted by molar-refractivity contribution is 7.97. The first-order valence-corrected chi connectivity index (χ1v) is 16.0. The smallest absolute Gasteiger partial charge is 0.339 e. The second-order valence-corrected chi connectivity index (χ2v) is 12.9. The Labute approximate surface area is 264 Å². The van der Waals surface area contributed by atoms with E-state index in [0.29, 0.717) is 24.7 Å². The summed E-state index contributed by atoms with van der Waals surface area (Å²) >= 11 is 1.53. The molecular formula is C37H40N2O4S. The van der Waals surface area contributed by atoms with E-state index in [0.717, 1.165) is 16.0 Å². The number of benzene rings is 4. The standard InChI is InChI=1S/C37H40N2O4S/c1-26-8-12-28(13-9-26)23-38(44-33-19-10-27(2)11-20-33)25-36(41)39(32-18-21-34(37(42)43)35(40)22-32)24-29-14-16-31(17-15-29)30-6-4-3-5-7-30/h8-22,30,40H,3-7,23-25H2,1-2H3,(H,42,43). The summed E-state index contributed by atoms with van der Waals surface area (Å²) in [5.74, 6) is -1.16. The van der Waals surface area contributed by atoms with Crippen LogP contribution in [-0.4, -0.2) is 32.9 Å². The average molecular weight is 609 g/mol. The van der Waals surface area contributed by atoms with Crippen LogP contribution in [0.25, 0.3) is 0 Å². The Balaban J connectivity index is 1.42. The molecule has 4 aromatic rings. The van der Waals surface area contributed by atoms with Crippen molar-refractivity contribution in [3.05, 3.63) is 124 Å². The van der Waals surface area contributed by atoms with Gasteiger partial charge in [0, 0.05) is 23.2 Å². The molecule has 0 aromatic heterocycles. The molecule has 4 aromatic carbocycles. The highest BCUT2D eigenvalue weighted by Gasteiger charge is 2.23. The lowest BCUT2D eigenvalue weighted by Gasteiger charge is -2.28. The summed E-state index contributed by atoms with van der Waals surface area (Å²) in [5, 5.41) is 20.0. The number of rotatable bonds is 11. The molecule has 0 radical (unpaired) electrons. The Morgan fingerprint density at radius 2 is 1.36 bits per heavy atom. The number of carbonyl (C=O) groups is 2. The number of aromatic hydroxyl groups is 1. The van der Waals surface area contributed by atoms with Gasteiger partial charge < -0.3 is 15.1 Å². The first kappa shape index (κ1) is 31.4. The van der Waals surface area contributed by atoms with Crippen LogP contribution in [0.2, 0.25) is 0 Å². The number of carbonyl (C=O) groups excluding carboxylic acids is 1. The second kappa shape index (κ2) is 14.6. The molecule has 228 valence electrons. The minimum atomic E-state index is -1.22. The fourth-order valence-electron chi connectivity index (χ4n) is 5.71. The predicted octanol–water partition coefficient (Wildman–Crippen LogP) is 8.50. The third-order valence-corrected chi connectivity index (χ3v) is 9.27. The van der Waals surface area contributed by atoms with Crippen molar-refractivity contribution in [2.75, 3.05) is 11.4 Å². The third-order valence-electron chi connectivity index (χ3n) is 8.27. The van der Waals surface area contributed by atoms with Crippen molar-refractivity contribution in [1.82, 2.24) is 4.31 Å². The van der Waals surface area contributed by atoms with Gasteiger partial charge in [-0.1, -0.05) is 91.1 Å². The summed E-state index contributed by atoms with van der Waals surface area (Å²) in [6, 6.07) is 29.4. The summed E-state index contributed by atoms with van der Waals surface area (Å²) in [7, 11) is 0. The summed E-state index contributed by atoms with van der Waals surface area (Å²) in [5.41, 5.74) is 5.99. The molecule has 44 heavy (non-hydrogen) atoms. The monoisotopic (exact) mass is 608 g/mol. The maximum absolute atomic E-state index is 14.2. The lowest BCUT2D eigenvalue weighted by molar-refractivity contribution is -0.118. The van der Waals surface area contributed by atoms with Crippen molar-refractivity contribution in [1.29, 1.82) is 0 Å². The first-order chi connectivity index (χ1) is 21.2. The van der Waals surface area contributed by atoms with Crippen LogP contribution in [-0.2, 0) is 17.9 Å². The molecule has 1 fully saturated rings. The highest BCUT2D eigenvalue weighted by atomic mass is 32.2. The van der Waals surface area contributed by atoms with E-state index in [9.17, 15) is 19.8 Å². The van der Waals surface area contributed by atoms with Gasteiger partial charge in [-0.05, 0) is 85.5 Å². The summed E-state index contributed by atoms with van der Waals surface area (Å²) < 4.78 is 2.04. The van der Waals surface area contributed by atoms with Gasteiger partial charge in [-0.15, -0.1) is 0 Å². The van der Waals surface area contributed by atoms with E-state index in [1.165, 1.54) is 72.9 Å². The molecule has 0 bridgehead atoms. The molecule has 2 N–H and O–H groups in total. The summed E-state index contributed by atoms with van der Waals surface area (Å²) in [6.07, 6.45) is 6.28. The molecule has 5 rings (SSSR count). The zero-order chi connectivity index (χ0) is 31.1. The fourth-order valence-corrected chi connectivity index (χ4v) is 6.65. The number of aryl methyl sites for hydroxylation is 2. The normalized spacial score (nSPS) is 13.6. The number of hydrogen-bond acceptors (Lipinski definition) is 5. The topological polar surface area (TPSA) is 81.1 Å². The fraction of sp³-hybridized carbons (Fsp3) is 0.297. The van der Waals surface area contributed by atoms with Crippen LogP contribution in [0.3, 0.4) is 0 Å². The van der Waals surface area contributed by atoms with Crippen LogP contribution in [0.4, 0.5) is 5.69 Å². The van der Waals surface area contributed by atoms with E-state index in [4.69, 9.17) is 0 Å². The van der Waals surface area contributed by atoms with E-state index >= 15 is 0 Å². The molecular weight excluding hydrogens is 568 g/mol. The average Bonchev–Trinajstić information content (AvgIpc) is 3.02. The van der Waals surface area contributed by atoms with Gasteiger partial charge in [0.2, 0.25) is 5.91 Å². The van der Waals surface area contributed by atoms with Gasteiger partial charge in [-0.25, -0.2) is 9.10 Å². The summed E-state index contributed by atoms with van der Waals surface area (Å²) in [6.45, 7) is 5.05. The molecule has 0 atom stereocenters. The zero-order valence-corrected chi connectivity index (χ0v) is 26.2. The minimum Gasteiger partial charge on any atom is -0.507 e. The van der Waals surface area contributed by atoms with Gasteiger partial charge in [-0.2, -0.15) is 0 Å². The number of aromatic carboxylic acids is 1. The first-order valence-electron chi connectivity index (χ1n) is 15.3. The van der Waals surface area contributed by atoms with Crippen LogP contribution >= 0.6 is 11.9 Å². The van der Waals surface area contributed by atoms with Crippen molar-refractivity contribution in [3.63, 3.8) is 0 Å². The van der Waals surface area contributed by atoms with E-state index < -0.39 is 5.97 Å². The van der Waals surface area contributed by atoms with E-state index in [1.807, 2.05) is 11.2 Å². The van der Waals surface area contributed by atoms with Gasteiger partial charge in [0.1, 0.15) is 11.3 Å². The lowest BCUT2D eigenvalue weighted by Crippen LogP contribution is -2.37. The van der Waals surface area contributed by atoms with Crippen molar-refractivity contribution in [2.45, 2.75) is 69.9 Å². The number of phenols is 1. The quantitative estimate of drug-likeness (QED) is 0.166. The van der Waals surface area contributed by atoms with Crippen LogP contribution in [0.5, 0.6) is 5.75 Å². The van der Waals surface area contributed by atoms with Gasteiger partial charge in [0.05, 0.1) is 13.1 Å². The number of anilines is 1. The minimum absolute atomic E-state index is 0.105. The Morgan fingerprint density at radius 3 is 1.98 bits per heavy atom. The molecule has 1 aliphatic rings. The second-order valence-electron chi connectivity index (χ2n) is 11.8. The molecule has 1 amide bonds. The molecule has 1 saturated carbocycles. The predicted molar refractivity (Wildman–Crippen MR) is 177 cm³/mol. The number of amides is 1. The van der Waals surface area contributed by atoms with Crippen molar-refractivity contribution in [3.8, 4) is 5.75 Å². The van der Waals surface area contributed by atoms with Crippen molar-refractivity contribution < 1.29 is 19.8 Å². The Hall–Kier alpha value is -4.07. The number of carboxylic acids is 1. The Morgan fingerprint density at radius 1 is 0.773 bits per heavy atom. The Bertz CT molecular complexity index is 1520. The maximum atomic E-state index is 14.2. The maximum Gasteiger partial charge on any atom is 0.339 e. The zero-order valence-electron chi connectivity index (χ0n) is 25.4. The van der Waals surface area contributed by atoms with Crippen LogP contribution in [0.1, 0.15) is 76.2 Å². The van der Waals surface area contributed by atoms with Gasteiger partial charge in [0.15, 0.2) is 0 Å². The van der Waals surface area contributed by atoms with Crippen LogP contribution in [0.15, 0.2) is 95.9 Å². The molecule has 6 nitrogen and oxygen atoms in total. The van der Waals surface area contributed by atoms with Gasteiger partial charge in [-0.3, -0.25) is 4.79 Å². The van der Waals surface area contributed by atoms with Crippen molar-refractivity contribution in [2.24, 2.45) is 0 Å². The molecule has 0 spiro atoms. The molecule has 0 aliphatic heterocycles. The molecule has 7 heteroatoms. The molecule has 0 unspecified atom stereocenters. The number of hydrogen-bond donors (Lipinski definition) is 2. The Kier molecular flexibility index (Phi) is 10.4. The molecule has 1 aliphatic carbocycles. The van der Waals surface area contributed by atoms with E-state index in [1.54, 1.807) is 11.0 Å². The lowest BCUT2D eigenvalue weighted by atomic mass is 9.84. The number of nitrogens with zero attached hydrogens (tertiary/aromatic N) is 2. The van der Waals surface area contributed by atoms with E-state index in [2.05, 4.69) is 79.7 Å². The summed E-state index contributed by atoms with van der Waals surface area (Å²) in [4.78, 5) is 28.4. The largest absolute Gasteiger partial charge is 0.507 e. The molecule has 0 saturated heterocycles. The molecule has 0 heterocycles. The van der Waals surface area contributed by atoms with Gasteiger partial charge in [0.25, 0.3) is 0 Å². The third kappa shape index (κ3) is 8.30. The SMILES string of the molecule is Cc1ccc(CN(CC(=O)N(Cc2ccc(C3CCCCC3)cc2)c2ccc(C(=O)O)c(O)c2)Sc2ccc(C)cc2)cc1. The van der Waals surface area contributed by atoms with Crippen LogP contribution < -0.4 is 4.90 Å². The van der Waals surface area contributed by atoms with E-state index in [-0.39, 0.29) is 23.8 Å². The van der Waals surface area contributed by atoms with Gasteiger partial charge >= 0.3 is 5.97 Å². The van der Waals surface area contributed by atoms with Crippen molar-refractivity contribution >= 4 is 29.5 Å².